The molecule has 0 radical (unpaired) electrons. The summed E-state index contributed by atoms with van der Waals surface area (Å²) in [5.41, 5.74) is 25.7. The molecule has 2 heteroatoms. The molecule has 4 aromatic carbocycles. The van der Waals surface area contributed by atoms with Crippen molar-refractivity contribution in [2.45, 2.75) is 303 Å². The molecule has 0 bridgehead atoms. The summed E-state index contributed by atoms with van der Waals surface area (Å²) in [5, 5.41) is 0. The van der Waals surface area contributed by atoms with Crippen molar-refractivity contribution in [3.63, 3.8) is 0 Å². The summed E-state index contributed by atoms with van der Waals surface area (Å²) in [6.07, 6.45) is 56.6. The lowest BCUT2D eigenvalue weighted by Gasteiger charge is -2.21. The predicted molar refractivity (Wildman–Crippen MR) is 327 cm³/mol. The average molecular weight is 996 g/mol. The lowest BCUT2D eigenvalue weighted by molar-refractivity contribution is 0.525. The van der Waals surface area contributed by atoms with Crippen LogP contribution in [0.25, 0.3) is 0 Å². The van der Waals surface area contributed by atoms with Crippen LogP contribution in [0.3, 0.4) is 0 Å². The third-order valence-corrected chi connectivity index (χ3v) is 16.7. The van der Waals surface area contributed by atoms with E-state index in [1.807, 2.05) is 0 Å². The first kappa shape index (κ1) is 62.0. The van der Waals surface area contributed by atoms with Gasteiger partial charge in [0, 0.05) is 23.2 Å². The minimum Gasteiger partial charge on any atom is -0.399 e. The molecule has 0 aliphatic heterocycles. The molecule has 0 fully saturated rings. The number of nitrogens with two attached hydrogens (primary N) is 2. The molecule has 73 heavy (non-hydrogen) atoms. The maximum Gasteiger partial charge on any atom is 0.0316 e. The summed E-state index contributed by atoms with van der Waals surface area (Å²) >= 11 is 0. The highest BCUT2D eigenvalue weighted by Gasteiger charge is 2.18. The molecule has 408 valence electrons. The fraction of sp³-hybridized carbons (Fsp3) is 0.662. The lowest BCUT2D eigenvalue weighted by Crippen LogP contribution is -2.05. The number of nitrogen functional groups attached to an aromatic ring is 2. The number of benzene rings is 4. The van der Waals surface area contributed by atoms with Gasteiger partial charge < -0.3 is 11.5 Å². The Labute approximate surface area is 452 Å². The third-order valence-electron chi connectivity index (χ3n) is 16.7. The molecule has 4 aromatic rings. The zero-order valence-corrected chi connectivity index (χ0v) is 48.4. The Bertz CT molecular complexity index is 1770. The first-order valence-electron chi connectivity index (χ1n) is 31.8. The van der Waals surface area contributed by atoms with E-state index in [4.69, 9.17) is 11.5 Å². The molecule has 0 spiro atoms. The van der Waals surface area contributed by atoms with Gasteiger partial charge in [0.05, 0.1) is 0 Å². The first-order chi connectivity index (χ1) is 35.9. The van der Waals surface area contributed by atoms with E-state index in [9.17, 15) is 0 Å². The van der Waals surface area contributed by atoms with E-state index >= 15 is 0 Å². The van der Waals surface area contributed by atoms with Crippen LogP contribution in [-0.4, -0.2) is 0 Å². The number of aryl methyl sites for hydroxylation is 4. The van der Waals surface area contributed by atoms with Gasteiger partial charge >= 0.3 is 0 Å². The van der Waals surface area contributed by atoms with Crippen molar-refractivity contribution in [3.05, 3.63) is 129 Å². The molecule has 2 nitrogen and oxygen atoms in total. The van der Waals surface area contributed by atoms with E-state index in [0.717, 1.165) is 11.4 Å². The summed E-state index contributed by atoms with van der Waals surface area (Å²) in [6.45, 7) is 9.10. The number of unbranched alkanes of at least 4 members (excludes halogenated alkanes) is 34. The molecular weight excluding hydrogens is 881 g/mol. The summed E-state index contributed by atoms with van der Waals surface area (Å²) in [6, 6.07) is 32.6. The van der Waals surface area contributed by atoms with Crippen molar-refractivity contribution in [1.29, 1.82) is 0 Å². The van der Waals surface area contributed by atoms with Gasteiger partial charge in [0.2, 0.25) is 0 Å². The Kier molecular flexibility index (Phi) is 34.6. The van der Waals surface area contributed by atoms with Crippen LogP contribution in [0.5, 0.6) is 0 Å². The maximum atomic E-state index is 6.17. The third kappa shape index (κ3) is 27.7. The standard InChI is InChI=1S/C71H114N2/c1-5-7-9-11-13-15-28-32-36-40-44-70(68-56-54-66(72)58-60(68)3)64-50-46-62(47-51-64)42-38-34-30-26-24-22-20-18-17-19-21-23-25-27-31-35-39-43-63-48-52-65(53-49-63)71(69-57-55-67(73)59-61(69)4)45-41-37-33-29-16-14-12-10-8-6-2/h46-59,70-71H,5-45,72-73H2,1-4H3. The molecule has 2 unspecified atom stereocenters. The van der Waals surface area contributed by atoms with E-state index in [1.165, 1.54) is 308 Å². The Morgan fingerprint density at radius 2 is 0.534 bits per heavy atom. The predicted octanol–water partition coefficient (Wildman–Crippen LogP) is 22.8. The van der Waals surface area contributed by atoms with E-state index < -0.39 is 0 Å². The van der Waals surface area contributed by atoms with Gasteiger partial charge in [-0.2, -0.15) is 0 Å². The molecule has 0 aromatic heterocycles. The smallest absolute Gasteiger partial charge is 0.0316 e. The van der Waals surface area contributed by atoms with Gasteiger partial charge in [-0.1, -0.05) is 299 Å². The van der Waals surface area contributed by atoms with Crippen LogP contribution in [0.1, 0.15) is 321 Å². The van der Waals surface area contributed by atoms with Crippen molar-refractivity contribution >= 4 is 11.4 Å². The normalized spacial score (nSPS) is 12.4. The van der Waals surface area contributed by atoms with Crippen LogP contribution in [0.15, 0.2) is 84.9 Å². The van der Waals surface area contributed by atoms with Gasteiger partial charge in [0.1, 0.15) is 0 Å². The van der Waals surface area contributed by atoms with Crippen LogP contribution < -0.4 is 11.5 Å². The minimum absolute atomic E-state index is 0.464. The van der Waals surface area contributed by atoms with E-state index in [0.29, 0.717) is 11.8 Å². The van der Waals surface area contributed by atoms with Gasteiger partial charge in [-0.15, -0.1) is 0 Å². The van der Waals surface area contributed by atoms with Gasteiger partial charge in [-0.25, -0.2) is 0 Å². The highest BCUT2D eigenvalue weighted by atomic mass is 14.5. The second-order valence-corrected chi connectivity index (χ2v) is 23.3. The van der Waals surface area contributed by atoms with E-state index in [2.05, 4.69) is 113 Å². The van der Waals surface area contributed by atoms with Gasteiger partial charge in [0.25, 0.3) is 0 Å². The SMILES string of the molecule is CCCCCCCCCCCCC(c1ccc(CCCCCCCCCCCCCCCCCCCc2ccc(C(CCCCCCCCCCCC)c3ccc(N)cc3C)cc2)cc1)c1ccc(N)cc1C. The van der Waals surface area contributed by atoms with E-state index in [-0.39, 0.29) is 0 Å². The average Bonchev–Trinajstić information content (AvgIpc) is 3.39. The first-order valence-corrected chi connectivity index (χ1v) is 31.8. The van der Waals surface area contributed by atoms with E-state index in [1.54, 1.807) is 0 Å². The highest BCUT2D eigenvalue weighted by molar-refractivity contribution is 5.49. The highest BCUT2D eigenvalue weighted by Crippen LogP contribution is 2.35. The van der Waals surface area contributed by atoms with Gasteiger partial charge in [-0.3, -0.25) is 0 Å². The van der Waals surface area contributed by atoms with Crippen molar-refractivity contribution in [2.24, 2.45) is 0 Å². The Balaban J connectivity index is 0.969. The van der Waals surface area contributed by atoms with Crippen LogP contribution >= 0.6 is 0 Å². The molecule has 2 atom stereocenters. The fourth-order valence-electron chi connectivity index (χ4n) is 12.0. The summed E-state index contributed by atoms with van der Waals surface area (Å²) in [7, 11) is 0. The van der Waals surface area contributed by atoms with Gasteiger partial charge in [-0.05, 0) is 121 Å². The number of hydrogen-bond donors (Lipinski definition) is 2. The zero-order valence-electron chi connectivity index (χ0n) is 48.4. The van der Waals surface area contributed by atoms with Gasteiger partial charge in [0.15, 0.2) is 0 Å². The number of rotatable bonds is 46. The topological polar surface area (TPSA) is 52.0 Å². The summed E-state index contributed by atoms with van der Waals surface area (Å²) in [5.74, 6) is 0.928. The molecule has 0 aliphatic carbocycles. The molecule has 0 aliphatic rings. The van der Waals surface area contributed by atoms with Crippen LogP contribution in [0.2, 0.25) is 0 Å². The molecule has 0 saturated heterocycles. The molecule has 0 heterocycles. The van der Waals surface area contributed by atoms with Crippen molar-refractivity contribution in [1.82, 2.24) is 0 Å². The second kappa shape index (κ2) is 40.7. The van der Waals surface area contributed by atoms with Crippen LogP contribution in [0.4, 0.5) is 11.4 Å². The Morgan fingerprint density at radius 3 is 0.795 bits per heavy atom. The zero-order chi connectivity index (χ0) is 51.8. The molecule has 0 saturated carbocycles. The van der Waals surface area contributed by atoms with Crippen molar-refractivity contribution in [2.75, 3.05) is 11.5 Å². The number of hydrogen-bond acceptors (Lipinski definition) is 2. The maximum absolute atomic E-state index is 6.17. The second-order valence-electron chi connectivity index (χ2n) is 23.3. The number of anilines is 2. The van der Waals surface area contributed by atoms with Crippen LogP contribution in [-0.2, 0) is 12.8 Å². The van der Waals surface area contributed by atoms with Crippen LogP contribution in [0, 0.1) is 13.8 Å². The Hall–Kier alpha value is -3.52. The fourth-order valence-corrected chi connectivity index (χ4v) is 12.0. The molecule has 4 N–H and O–H groups in total. The summed E-state index contributed by atoms with van der Waals surface area (Å²) in [4.78, 5) is 0. The van der Waals surface area contributed by atoms with Crippen molar-refractivity contribution < 1.29 is 0 Å². The summed E-state index contributed by atoms with van der Waals surface area (Å²) < 4.78 is 0. The molecular formula is C71H114N2. The molecule has 0 amide bonds. The van der Waals surface area contributed by atoms with Crippen molar-refractivity contribution in [3.8, 4) is 0 Å². The quantitative estimate of drug-likeness (QED) is 0.0342. The largest absolute Gasteiger partial charge is 0.399 e. The monoisotopic (exact) mass is 995 g/mol. The Morgan fingerprint density at radius 1 is 0.288 bits per heavy atom. The molecule has 4 rings (SSSR count). The lowest BCUT2D eigenvalue weighted by atomic mass is 9.84. The minimum atomic E-state index is 0.464.